The van der Waals surface area contributed by atoms with Crippen LogP contribution in [-0.2, 0) is 16.0 Å². The van der Waals surface area contributed by atoms with Crippen LogP contribution >= 0.6 is 11.8 Å². The van der Waals surface area contributed by atoms with Crippen LogP contribution in [0.3, 0.4) is 0 Å². The van der Waals surface area contributed by atoms with Gasteiger partial charge in [0.05, 0.1) is 11.3 Å². The van der Waals surface area contributed by atoms with Gasteiger partial charge < -0.3 is 10.2 Å². The Balaban J connectivity index is 1.39. The number of hydrogen-bond donors (Lipinski definition) is 1. The van der Waals surface area contributed by atoms with Gasteiger partial charge in [-0.05, 0) is 42.5 Å². The summed E-state index contributed by atoms with van der Waals surface area (Å²) >= 11 is 1.51. The van der Waals surface area contributed by atoms with Crippen molar-refractivity contribution in [3.05, 3.63) is 71.5 Å². The molecule has 0 radical (unpaired) electrons. The van der Waals surface area contributed by atoms with Crippen LogP contribution in [0.4, 0.5) is 4.39 Å². The number of rotatable bonds is 4. The molecule has 28 heavy (non-hydrogen) atoms. The molecule has 2 heterocycles. The zero-order valence-corrected chi connectivity index (χ0v) is 16.3. The van der Waals surface area contributed by atoms with Crippen molar-refractivity contribution in [1.82, 2.24) is 10.2 Å². The molecule has 2 saturated heterocycles. The number of nitrogens with zero attached hydrogens (tertiary/aromatic N) is 1. The normalized spacial score (nSPS) is 24.8. The average molecular weight is 399 g/mol. The van der Waals surface area contributed by atoms with E-state index in [1.165, 1.54) is 23.9 Å². The second-order valence-corrected chi connectivity index (χ2v) is 8.55. The summed E-state index contributed by atoms with van der Waals surface area (Å²) in [5.74, 6) is 0.171. The van der Waals surface area contributed by atoms with Gasteiger partial charge in [-0.1, -0.05) is 42.5 Å². The fourth-order valence-electron chi connectivity index (χ4n) is 3.97. The van der Waals surface area contributed by atoms with Crippen molar-refractivity contribution >= 4 is 23.6 Å². The van der Waals surface area contributed by atoms with Crippen LogP contribution < -0.4 is 5.32 Å². The van der Waals surface area contributed by atoms with Gasteiger partial charge in [-0.25, -0.2) is 4.39 Å². The highest BCUT2D eigenvalue weighted by atomic mass is 32.2. The van der Waals surface area contributed by atoms with Crippen LogP contribution in [-0.4, -0.2) is 40.3 Å². The highest BCUT2D eigenvalue weighted by Crippen LogP contribution is 2.33. The molecule has 0 saturated carbocycles. The molecule has 4 nitrogen and oxygen atoms in total. The number of halogens is 1. The van der Waals surface area contributed by atoms with E-state index >= 15 is 0 Å². The predicted molar refractivity (Wildman–Crippen MR) is 108 cm³/mol. The number of carbonyl (C=O) groups excluding carboxylic acids is 2. The standard InChI is InChI=1S/C22H23FN2O2S/c23-17-10-8-15(9-11-17)13-20-21(26)24-18(14-28-20)22(27)25-12-4-7-19(25)16-5-2-1-3-6-16/h1-3,5-6,8-11,18-20H,4,7,12-14H2,(H,24,26). The summed E-state index contributed by atoms with van der Waals surface area (Å²) in [7, 11) is 0. The minimum Gasteiger partial charge on any atom is -0.343 e. The van der Waals surface area contributed by atoms with Crippen molar-refractivity contribution < 1.29 is 14.0 Å². The molecule has 0 spiro atoms. The van der Waals surface area contributed by atoms with Crippen LogP contribution in [0.1, 0.15) is 30.0 Å². The molecule has 6 heteroatoms. The summed E-state index contributed by atoms with van der Waals surface area (Å²) in [6.45, 7) is 0.731. The number of nitrogens with one attached hydrogen (secondary N) is 1. The molecule has 2 amide bonds. The number of hydrogen-bond acceptors (Lipinski definition) is 3. The summed E-state index contributed by atoms with van der Waals surface area (Å²) in [6.07, 6.45) is 2.47. The Morgan fingerprint density at radius 1 is 1.14 bits per heavy atom. The highest BCUT2D eigenvalue weighted by Gasteiger charge is 2.38. The molecule has 0 bridgehead atoms. The molecule has 146 valence electrons. The minimum absolute atomic E-state index is 0.00688. The number of amides is 2. The lowest BCUT2D eigenvalue weighted by atomic mass is 10.0. The monoisotopic (exact) mass is 398 g/mol. The number of benzene rings is 2. The van der Waals surface area contributed by atoms with Crippen molar-refractivity contribution in [2.75, 3.05) is 12.3 Å². The van der Waals surface area contributed by atoms with Crippen molar-refractivity contribution in [3.63, 3.8) is 0 Å². The Morgan fingerprint density at radius 3 is 2.61 bits per heavy atom. The Labute approximate surface area is 168 Å². The third-order valence-corrected chi connectivity index (χ3v) is 6.73. The van der Waals surface area contributed by atoms with Gasteiger partial charge in [-0.15, -0.1) is 11.8 Å². The third kappa shape index (κ3) is 4.07. The van der Waals surface area contributed by atoms with Gasteiger partial charge >= 0.3 is 0 Å². The van der Waals surface area contributed by atoms with E-state index in [0.717, 1.165) is 30.5 Å². The van der Waals surface area contributed by atoms with Gasteiger partial charge in [0.2, 0.25) is 11.8 Å². The van der Waals surface area contributed by atoms with E-state index < -0.39 is 6.04 Å². The third-order valence-electron chi connectivity index (χ3n) is 5.43. The summed E-state index contributed by atoms with van der Waals surface area (Å²) in [6, 6.07) is 15.9. The first-order valence-corrected chi connectivity index (χ1v) is 10.7. The van der Waals surface area contributed by atoms with Crippen molar-refractivity contribution in [2.45, 2.75) is 36.6 Å². The second-order valence-electron chi connectivity index (χ2n) is 7.31. The molecule has 2 fully saturated rings. The zero-order chi connectivity index (χ0) is 19.5. The lowest BCUT2D eigenvalue weighted by molar-refractivity contribution is -0.136. The van der Waals surface area contributed by atoms with E-state index in [2.05, 4.69) is 17.4 Å². The van der Waals surface area contributed by atoms with E-state index in [4.69, 9.17) is 0 Å². The molecule has 2 aliphatic heterocycles. The summed E-state index contributed by atoms with van der Waals surface area (Å²) in [4.78, 5) is 27.6. The van der Waals surface area contributed by atoms with Gasteiger partial charge in [-0.2, -0.15) is 0 Å². The molecule has 2 aromatic rings. The lowest BCUT2D eigenvalue weighted by Gasteiger charge is -2.33. The fourth-order valence-corrected chi connectivity index (χ4v) is 5.15. The molecular weight excluding hydrogens is 375 g/mol. The maximum Gasteiger partial charge on any atom is 0.246 e. The molecule has 3 unspecified atom stereocenters. The molecule has 2 aliphatic rings. The Morgan fingerprint density at radius 2 is 1.89 bits per heavy atom. The first-order valence-electron chi connectivity index (χ1n) is 9.63. The average Bonchev–Trinajstić information content (AvgIpc) is 3.21. The quantitative estimate of drug-likeness (QED) is 0.860. The van der Waals surface area contributed by atoms with E-state index in [9.17, 15) is 14.0 Å². The van der Waals surface area contributed by atoms with E-state index in [0.29, 0.717) is 12.2 Å². The molecular formula is C22H23FN2O2S. The Hall–Kier alpha value is -2.34. The van der Waals surface area contributed by atoms with Crippen LogP contribution in [0.5, 0.6) is 0 Å². The van der Waals surface area contributed by atoms with Crippen molar-refractivity contribution in [2.24, 2.45) is 0 Å². The number of thioether (sulfide) groups is 1. The largest absolute Gasteiger partial charge is 0.343 e. The van der Waals surface area contributed by atoms with Crippen LogP contribution in [0.15, 0.2) is 54.6 Å². The van der Waals surface area contributed by atoms with Gasteiger partial charge in [-0.3, -0.25) is 9.59 Å². The molecule has 1 N–H and O–H groups in total. The van der Waals surface area contributed by atoms with Gasteiger partial charge in [0, 0.05) is 12.3 Å². The summed E-state index contributed by atoms with van der Waals surface area (Å²) < 4.78 is 13.1. The summed E-state index contributed by atoms with van der Waals surface area (Å²) in [5.41, 5.74) is 2.07. The smallest absolute Gasteiger partial charge is 0.246 e. The van der Waals surface area contributed by atoms with Crippen molar-refractivity contribution in [1.29, 1.82) is 0 Å². The maximum absolute atomic E-state index is 13.1. The molecule has 0 aromatic heterocycles. The van der Waals surface area contributed by atoms with E-state index in [-0.39, 0.29) is 28.9 Å². The van der Waals surface area contributed by atoms with Gasteiger partial charge in [0.25, 0.3) is 0 Å². The SMILES string of the molecule is O=C1NC(C(=O)N2CCCC2c2ccccc2)CSC1Cc1ccc(F)cc1. The molecule has 4 rings (SSSR count). The van der Waals surface area contributed by atoms with Crippen LogP contribution in [0.2, 0.25) is 0 Å². The van der Waals surface area contributed by atoms with Gasteiger partial charge in [0.15, 0.2) is 0 Å². The maximum atomic E-state index is 13.1. The number of carbonyl (C=O) groups is 2. The molecule has 0 aliphatic carbocycles. The van der Waals surface area contributed by atoms with Crippen molar-refractivity contribution in [3.8, 4) is 0 Å². The highest BCUT2D eigenvalue weighted by molar-refractivity contribution is 8.00. The fraction of sp³-hybridized carbons (Fsp3) is 0.364. The predicted octanol–water partition coefficient (Wildman–Crippen LogP) is 3.33. The Bertz CT molecular complexity index is 843. The van der Waals surface area contributed by atoms with E-state index in [1.807, 2.05) is 23.1 Å². The van der Waals surface area contributed by atoms with Gasteiger partial charge in [0.1, 0.15) is 11.9 Å². The number of likely N-dealkylation sites (tertiary alicyclic amines) is 1. The van der Waals surface area contributed by atoms with Crippen LogP contribution in [0.25, 0.3) is 0 Å². The molecule has 3 atom stereocenters. The zero-order valence-electron chi connectivity index (χ0n) is 15.5. The first kappa shape index (κ1) is 19.0. The lowest BCUT2D eigenvalue weighted by Crippen LogP contribution is -2.55. The Kier molecular flexibility index (Phi) is 5.67. The minimum atomic E-state index is -0.480. The first-order chi connectivity index (χ1) is 13.6. The van der Waals surface area contributed by atoms with E-state index in [1.54, 1.807) is 12.1 Å². The van der Waals surface area contributed by atoms with Crippen LogP contribution in [0, 0.1) is 5.82 Å². The summed E-state index contributed by atoms with van der Waals surface area (Å²) in [5, 5.41) is 2.67. The second kappa shape index (κ2) is 8.35. The topological polar surface area (TPSA) is 49.4 Å². The molecule has 2 aromatic carbocycles.